The fourth-order valence-electron chi connectivity index (χ4n) is 12.6. The summed E-state index contributed by atoms with van der Waals surface area (Å²) < 4.78 is 0. The average molecular weight is 955 g/mol. The minimum atomic E-state index is -0.152. The van der Waals surface area contributed by atoms with E-state index in [1.165, 1.54) is 117 Å². The molecule has 72 heavy (non-hydrogen) atoms. The van der Waals surface area contributed by atoms with Crippen LogP contribution in [0.4, 0.5) is 0 Å². The minimum Gasteiger partial charge on any atom is -0.355 e. The van der Waals surface area contributed by atoms with Gasteiger partial charge in [0, 0.05) is 49.2 Å². The summed E-state index contributed by atoms with van der Waals surface area (Å²) in [5.74, 6) is 7.90. The third kappa shape index (κ3) is 6.71. The van der Waals surface area contributed by atoms with Crippen LogP contribution in [0.2, 0.25) is 0 Å². The van der Waals surface area contributed by atoms with E-state index in [1.54, 1.807) is 0 Å². The highest BCUT2D eigenvalue weighted by molar-refractivity contribution is 6.33. The van der Waals surface area contributed by atoms with Gasteiger partial charge in [-0.1, -0.05) is 11.8 Å². The lowest BCUT2D eigenvalue weighted by Gasteiger charge is -2.10. The molecule has 8 nitrogen and oxygen atoms in total. The molecular weight excluding hydrogens is 881 g/mol. The second kappa shape index (κ2) is 16.8. The Morgan fingerprint density at radius 2 is 0.542 bits per heavy atom. The van der Waals surface area contributed by atoms with Gasteiger partial charge in [-0.2, -0.15) is 0 Å². The van der Waals surface area contributed by atoms with Gasteiger partial charge in [0.1, 0.15) is 0 Å². The molecule has 0 aromatic carbocycles. The highest BCUT2D eigenvalue weighted by Crippen LogP contribution is 2.33. The lowest BCUT2D eigenvalue weighted by molar-refractivity contribution is 0.964. The first-order chi connectivity index (χ1) is 33.9. The summed E-state index contributed by atoms with van der Waals surface area (Å²) in [7, 11) is 0. The van der Waals surface area contributed by atoms with E-state index < -0.39 is 0 Å². The molecule has 0 unspecified atom stereocenters. The van der Waals surface area contributed by atoms with E-state index in [0.29, 0.717) is 0 Å². The first-order valence-corrected chi connectivity index (χ1v) is 25.9. The van der Waals surface area contributed by atoms with E-state index in [1.807, 2.05) is 0 Å². The number of aliphatic imine (C=N–C) groups is 2. The zero-order valence-corrected chi connectivity index (χ0v) is 47.0. The number of allylic oxidation sites excluding steroid dienone is 2. The maximum Gasteiger partial charge on any atom is 0.0951 e. The van der Waals surface area contributed by atoms with E-state index in [2.05, 4.69) is 194 Å². The predicted octanol–water partition coefficient (Wildman–Crippen LogP) is 7.92. The molecule has 0 aliphatic carbocycles. The molecule has 0 radical (unpaired) electrons. The summed E-state index contributed by atoms with van der Waals surface area (Å²) in [6, 6.07) is -0.236. The third-order valence-electron chi connectivity index (χ3n) is 18.5. The summed E-state index contributed by atoms with van der Waals surface area (Å²) in [6.07, 6.45) is 0. The van der Waals surface area contributed by atoms with Gasteiger partial charge in [-0.15, -0.1) is 0 Å². The smallest absolute Gasteiger partial charge is 0.0951 e. The van der Waals surface area contributed by atoms with Gasteiger partial charge in [0.15, 0.2) is 0 Å². The Kier molecular flexibility index (Phi) is 11.3. The normalized spacial score (nSPS) is 24.1. The molecule has 6 aromatic rings. The highest BCUT2D eigenvalue weighted by atomic mass is 14.9. The lowest BCUT2D eigenvalue weighted by atomic mass is 9.95. The largest absolute Gasteiger partial charge is 0.355 e. The quantitative estimate of drug-likeness (QED) is 0.0831. The van der Waals surface area contributed by atoms with Crippen molar-refractivity contribution in [1.82, 2.24) is 29.9 Å². The first kappa shape index (κ1) is 48.6. The highest BCUT2D eigenvalue weighted by Gasteiger charge is 2.30. The second-order valence-electron chi connectivity index (χ2n) is 22.0. The van der Waals surface area contributed by atoms with Crippen LogP contribution in [0.5, 0.6) is 0 Å². The van der Waals surface area contributed by atoms with Crippen molar-refractivity contribution in [2.75, 3.05) is 0 Å². The zero-order chi connectivity index (χ0) is 52.2. The van der Waals surface area contributed by atoms with Crippen LogP contribution in [0, 0.1) is 94.9 Å². The van der Waals surface area contributed by atoms with Crippen molar-refractivity contribution >= 4 is 56.0 Å². The number of H-pyrrole nitrogens is 6. The molecule has 10 heterocycles. The SMILES string of the molecule is CC1=C(C)[C@H]2N=C1/C(C#C/C1=c3/[nH]/c(c(C)c3C)=C(/C)[C@@H]3N=C(C(C)=C3C)/C(C)=c3\[nH]/c(c(C)c3C)=C(/C)c3[nH]c1c(C)c3C)=c1\[nH]/c(c(C)c1C)=C(/C)c1[nH]c(c(C)c1C)/C(C)=c1\[nH]/c(c(C)c1C)=C\2C. The zero-order valence-electron chi connectivity index (χ0n) is 47.0. The Labute approximate surface area is 424 Å². The van der Waals surface area contributed by atoms with Crippen molar-refractivity contribution in [3.8, 4) is 11.8 Å². The Morgan fingerprint density at radius 3 is 1.00 bits per heavy atom. The molecule has 6 aromatic heterocycles. The van der Waals surface area contributed by atoms with Crippen LogP contribution in [0.1, 0.15) is 159 Å². The van der Waals surface area contributed by atoms with Crippen molar-refractivity contribution in [2.24, 2.45) is 9.98 Å². The molecule has 6 N–H and O–H groups in total. The van der Waals surface area contributed by atoms with Gasteiger partial charge >= 0.3 is 0 Å². The number of fused-ring (bicyclic) bond motifs is 14. The van der Waals surface area contributed by atoms with Crippen LogP contribution >= 0.6 is 0 Å². The lowest BCUT2D eigenvalue weighted by Crippen LogP contribution is -2.22. The van der Waals surface area contributed by atoms with Crippen LogP contribution in [-0.2, 0) is 0 Å². The minimum absolute atomic E-state index is 0.0843. The van der Waals surface area contributed by atoms with Crippen molar-refractivity contribution < 1.29 is 0 Å². The topological polar surface area (TPSA) is 119 Å². The maximum atomic E-state index is 5.74. The van der Waals surface area contributed by atoms with Crippen LogP contribution < -0.4 is 42.8 Å². The summed E-state index contributed by atoms with van der Waals surface area (Å²) in [5, 5.41) is 8.83. The fraction of sp³-hybridized carbons (Fsp3) is 0.375. The van der Waals surface area contributed by atoms with Crippen LogP contribution in [-0.4, -0.2) is 53.4 Å². The Balaban J connectivity index is 1.37. The van der Waals surface area contributed by atoms with Crippen LogP contribution in [0.3, 0.4) is 0 Å². The number of hydrogen-bond acceptors (Lipinski definition) is 2. The molecule has 2 atom stereocenters. The van der Waals surface area contributed by atoms with Gasteiger partial charge in [0.25, 0.3) is 0 Å². The molecule has 4 aliphatic rings. The number of hydrogen-bond donors (Lipinski definition) is 6. The fourth-order valence-corrected chi connectivity index (χ4v) is 12.6. The van der Waals surface area contributed by atoms with Crippen LogP contribution in [0.15, 0.2) is 32.3 Å². The van der Waals surface area contributed by atoms with E-state index in [4.69, 9.17) is 9.98 Å². The molecule has 370 valence electrons. The van der Waals surface area contributed by atoms with E-state index in [0.717, 1.165) is 93.7 Å². The van der Waals surface area contributed by atoms with Gasteiger partial charge in [0.05, 0.1) is 51.0 Å². The first-order valence-electron chi connectivity index (χ1n) is 25.9. The molecule has 0 spiro atoms. The van der Waals surface area contributed by atoms with Gasteiger partial charge in [0.2, 0.25) is 0 Å². The summed E-state index contributed by atoms with van der Waals surface area (Å²) in [6.45, 7) is 49.4. The van der Waals surface area contributed by atoms with E-state index >= 15 is 0 Å². The standard InChI is InChI=1S/C64H74N8/c1-25-29(5)53-43(19)57-33(9)37(13)61(69-57)47(62-38(14)34(10)58(70-62)44(20)54-30(6)26(2)50(66-54)41(17)49(25)65-53)23-24-48-63-39(15)35(11)59(71-63)45(21)55-31(7)27(3)51(67-55)42(18)52-28(4)32(8)56(68-52)46(22)60-36(12)40(16)64(48)72-60/h53,59,66-70,72H,1-22H3/b50-41-,51-42-,54-44-,55-45-,57-43-,60-46-,61-47-,64-48-/t53-,59-/m1/s1. The van der Waals surface area contributed by atoms with Gasteiger partial charge < -0.3 is 29.9 Å². The Hall–Kier alpha value is -6.98. The van der Waals surface area contributed by atoms with Crippen molar-refractivity contribution in [1.29, 1.82) is 0 Å². The summed E-state index contributed by atoms with van der Waals surface area (Å²) >= 11 is 0. The molecule has 0 saturated heterocycles. The second-order valence-corrected chi connectivity index (χ2v) is 22.0. The van der Waals surface area contributed by atoms with E-state index in [9.17, 15) is 0 Å². The van der Waals surface area contributed by atoms with E-state index in [-0.39, 0.29) is 12.1 Å². The number of aromatic amines is 6. The maximum absolute atomic E-state index is 5.74. The molecule has 8 heteroatoms. The number of rotatable bonds is 0. The molecule has 16 bridgehead atoms. The third-order valence-corrected chi connectivity index (χ3v) is 18.5. The molecule has 0 saturated carbocycles. The Morgan fingerprint density at radius 1 is 0.250 bits per heavy atom. The van der Waals surface area contributed by atoms with Gasteiger partial charge in [-0.25, -0.2) is 0 Å². The van der Waals surface area contributed by atoms with Crippen LogP contribution in [0.25, 0.3) is 44.6 Å². The van der Waals surface area contributed by atoms with Gasteiger partial charge in [-0.3, -0.25) is 9.98 Å². The number of nitrogens with one attached hydrogen (secondary N) is 6. The summed E-state index contributed by atoms with van der Waals surface area (Å²) in [4.78, 5) is 35.1. The van der Waals surface area contributed by atoms with Gasteiger partial charge in [-0.05, 0) is 275 Å². The molecule has 0 fully saturated rings. The number of nitrogens with zero attached hydrogens (tertiary/aromatic N) is 2. The van der Waals surface area contributed by atoms with Crippen molar-refractivity contribution in [3.05, 3.63) is 155 Å². The Bertz CT molecular complexity index is 4270. The monoisotopic (exact) mass is 955 g/mol. The predicted molar refractivity (Wildman–Crippen MR) is 303 cm³/mol. The molecule has 0 amide bonds. The average Bonchev–Trinajstić information content (AvgIpc) is 4.23. The molecule has 10 rings (SSSR count). The van der Waals surface area contributed by atoms with Crippen molar-refractivity contribution in [3.63, 3.8) is 0 Å². The summed E-state index contributed by atoms with van der Waals surface area (Å²) in [5.41, 5.74) is 35.0. The molecule has 4 aliphatic heterocycles. The number of aromatic nitrogens is 6. The van der Waals surface area contributed by atoms with Crippen molar-refractivity contribution in [2.45, 2.75) is 164 Å². The molecular formula is C64H74N8.